The largest absolute Gasteiger partial charge is 0.344 e. The third-order valence-electron chi connectivity index (χ3n) is 6.67. The van der Waals surface area contributed by atoms with Crippen LogP contribution in [-0.2, 0) is 24.3 Å². The number of likely N-dealkylation sites (N-methyl/N-ethyl adjacent to an activating group) is 1. The van der Waals surface area contributed by atoms with Gasteiger partial charge >= 0.3 is 0 Å². The predicted octanol–water partition coefficient (Wildman–Crippen LogP) is 3.65. The molecule has 1 aromatic carbocycles. The number of fused-ring (bicyclic) bond motifs is 3. The molecule has 2 aliphatic heterocycles. The van der Waals surface area contributed by atoms with E-state index in [9.17, 15) is 4.79 Å². The molecule has 0 atom stereocenters. The maximum absolute atomic E-state index is 13.0. The van der Waals surface area contributed by atoms with E-state index < -0.39 is 0 Å². The minimum absolute atomic E-state index is 0.306. The van der Waals surface area contributed by atoms with Crippen LogP contribution in [0.25, 0.3) is 10.9 Å². The average molecular weight is 411 g/mol. The van der Waals surface area contributed by atoms with Gasteiger partial charge in [-0.05, 0) is 36.9 Å². The molecule has 0 saturated carbocycles. The lowest BCUT2D eigenvalue weighted by atomic mass is 9.95. The Balaban J connectivity index is 1.37. The van der Waals surface area contributed by atoms with E-state index in [2.05, 4.69) is 71.8 Å². The van der Waals surface area contributed by atoms with Crippen molar-refractivity contribution >= 4 is 16.8 Å². The van der Waals surface area contributed by atoms with E-state index in [-0.39, 0.29) is 0 Å². The van der Waals surface area contributed by atoms with Gasteiger partial charge in [0.05, 0.1) is 0 Å². The van der Waals surface area contributed by atoms with Crippen LogP contribution in [0, 0.1) is 5.41 Å². The molecular weight excluding hydrogens is 372 g/mol. The zero-order valence-corrected chi connectivity index (χ0v) is 19.2. The number of aryl methyl sites for hydroxylation is 1. The second kappa shape index (κ2) is 8.72. The van der Waals surface area contributed by atoms with Crippen molar-refractivity contribution in [1.82, 2.24) is 19.7 Å². The maximum atomic E-state index is 13.0. The van der Waals surface area contributed by atoms with Crippen molar-refractivity contribution in [3.8, 4) is 0 Å². The molecule has 1 amide bonds. The molecule has 0 unspecified atom stereocenters. The molecule has 2 aliphatic rings. The molecule has 5 nitrogen and oxygen atoms in total. The topological polar surface area (TPSA) is 40.5 Å². The summed E-state index contributed by atoms with van der Waals surface area (Å²) in [4.78, 5) is 17.4. The van der Waals surface area contributed by atoms with Crippen molar-refractivity contribution in [3.05, 3.63) is 35.5 Å². The summed E-state index contributed by atoms with van der Waals surface area (Å²) < 4.78 is 2.42. The van der Waals surface area contributed by atoms with Crippen LogP contribution in [0.5, 0.6) is 0 Å². The number of likely N-dealkylation sites (tertiary alicyclic amines) is 1. The molecule has 164 valence electrons. The Morgan fingerprint density at radius 3 is 2.60 bits per heavy atom. The number of piperidine rings is 1. The number of hydrogen-bond donors (Lipinski definition) is 1. The smallest absolute Gasteiger partial charge is 0.224 e. The van der Waals surface area contributed by atoms with Crippen LogP contribution in [0.2, 0.25) is 0 Å². The van der Waals surface area contributed by atoms with Crippen molar-refractivity contribution in [2.45, 2.75) is 65.6 Å². The maximum Gasteiger partial charge on any atom is 0.224 e. The molecule has 30 heavy (non-hydrogen) atoms. The molecule has 0 bridgehead atoms. The molecule has 1 fully saturated rings. The minimum atomic E-state index is 0.306. The number of rotatable bonds is 5. The second-order valence-electron chi connectivity index (χ2n) is 10.4. The highest BCUT2D eigenvalue weighted by atomic mass is 16.2. The lowest BCUT2D eigenvalue weighted by Crippen LogP contribution is -2.46. The third-order valence-corrected chi connectivity index (χ3v) is 6.67. The molecule has 1 N–H and O–H groups in total. The summed E-state index contributed by atoms with van der Waals surface area (Å²) in [6, 6.07) is 9.24. The average Bonchev–Trinajstić information content (AvgIpc) is 3.03. The van der Waals surface area contributed by atoms with Crippen molar-refractivity contribution in [3.63, 3.8) is 0 Å². The number of amides is 1. The van der Waals surface area contributed by atoms with Crippen molar-refractivity contribution in [2.24, 2.45) is 5.41 Å². The van der Waals surface area contributed by atoms with Crippen LogP contribution in [0.3, 0.4) is 0 Å². The first kappa shape index (κ1) is 21.4. The zero-order chi connectivity index (χ0) is 21.3. The highest BCUT2D eigenvalue weighted by Crippen LogP contribution is 2.30. The van der Waals surface area contributed by atoms with Gasteiger partial charge in [0, 0.05) is 74.7 Å². The molecule has 1 aromatic heterocycles. The fourth-order valence-corrected chi connectivity index (χ4v) is 4.94. The SMILES string of the molecule is CN1CCc2c(c3ccccc3n2CCC(=O)N2CCC(NCC(C)(C)C)CC2)C1. The number of hydrogen-bond acceptors (Lipinski definition) is 3. The molecule has 0 spiro atoms. The summed E-state index contributed by atoms with van der Waals surface area (Å²) in [6.45, 7) is 12.5. The van der Waals surface area contributed by atoms with E-state index in [1.54, 1.807) is 0 Å². The predicted molar refractivity (Wildman–Crippen MR) is 124 cm³/mol. The molecule has 2 aromatic rings. The third kappa shape index (κ3) is 4.73. The first-order valence-electron chi connectivity index (χ1n) is 11.6. The summed E-state index contributed by atoms with van der Waals surface area (Å²) in [5.74, 6) is 0.309. The first-order chi connectivity index (χ1) is 14.3. The molecule has 1 saturated heterocycles. The van der Waals surface area contributed by atoms with Gasteiger partial charge < -0.3 is 19.7 Å². The Morgan fingerprint density at radius 1 is 1.13 bits per heavy atom. The number of carbonyl (C=O) groups is 1. The Kier molecular flexibility index (Phi) is 6.21. The standard InChI is InChI=1S/C25H38N4O/c1-25(2,3)18-26-19-9-14-28(15-10-19)24(30)12-16-29-22-8-6-5-7-20(22)21-17-27(4)13-11-23(21)29/h5-8,19,26H,9-18H2,1-4H3. The molecule has 5 heteroatoms. The monoisotopic (exact) mass is 410 g/mol. The Labute approximate surface area is 181 Å². The summed E-state index contributed by atoms with van der Waals surface area (Å²) in [7, 11) is 2.19. The van der Waals surface area contributed by atoms with Gasteiger partial charge in [-0.1, -0.05) is 39.0 Å². The van der Waals surface area contributed by atoms with Crippen LogP contribution in [0.15, 0.2) is 24.3 Å². The van der Waals surface area contributed by atoms with Gasteiger partial charge in [0.15, 0.2) is 0 Å². The number of para-hydroxylation sites is 1. The van der Waals surface area contributed by atoms with Gasteiger partial charge in [-0.2, -0.15) is 0 Å². The molecular formula is C25H38N4O. The number of nitrogens with one attached hydrogen (secondary N) is 1. The number of aromatic nitrogens is 1. The van der Waals surface area contributed by atoms with Gasteiger partial charge in [0.25, 0.3) is 0 Å². The Bertz CT molecular complexity index is 886. The van der Waals surface area contributed by atoms with Crippen molar-refractivity contribution in [2.75, 3.05) is 33.2 Å². The number of nitrogens with zero attached hydrogens (tertiary/aromatic N) is 3. The van der Waals surface area contributed by atoms with E-state index in [4.69, 9.17) is 0 Å². The van der Waals surface area contributed by atoms with Crippen molar-refractivity contribution < 1.29 is 4.79 Å². The van der Waals surface area contributed by atoms with Gasteiger partial charge in [0.1, 0.15) is 0 Å². The van der Waals surface area contributed by atoms with Gasteiger partial charge in [-0.15, -0.1) is 0 Å². The summed E-state index contributed by atoms with van der Waals surface area (Å²) in [6.07, 6.45) is 3.80. The Hall–Kier alpha value is -1.85. The quantitative estimate of drug-likeness (QED) is 0.818. The highest BCUT2D eigenvalue weighted by molar-refractivity contribution is 5.86. The molecule has 3 heterocycles. The highest BCUT2D eigenvalue weighted by Gasteiger charge is 2.25. The van der Waals surface area contributed by atoms with Gasteiger partial charge in [-0.3, -0.25) is 4.79 Å². The van der Waals surface area contributed by atoms with Gasteiger partial charge in [0.2, 0.25) is 5.91 Å². The second-order valence-corrected chi connectivity index (χ2v) is 10.4. The van der Waals surface area contributed by atoms with Crippen LogP contribution in [0.1, 0.15) is 51.3 Å². The van der Waals surface area contributed by atoms with Crippen LogP contribution < -0.4 is 5.32 Å². The minimum Gasteiger partial charge on any atom is -0.344 e. The Morgan fingerprint density at radius 2 is 1.87 bits per heavy atom. The lowest BCUT2D eigenvalue weighted by Gasteiger charge is -2.34. The number of benzene rings is 1. The van der Waals surface area contributed by atoms with Crippen LogP contribution >= 0.6 is 0 Å². The molecule has 0 aliphatic carbocycles. The molecule has 0 radical (unpaired) electrons. The van der Waals surface area contributed by atoms with Gasteiger partial charge in [-0.25, -0.2) is 0 Å². The van der Waals surface area contributed by atoms with E-state index in [0.717, 1.165) is 58.5 Å². The summed E-state index contributed by atoms with van der Waals surface area (Å²) >= 11 is 0. The van der Waals surface area contributed by atoms with E-state index in [1.165, 1.54) is 22.2 Å². The normalized spacial score (nSPS) is 18.7. The van der Waals surface area contributed by atoms with E-state index >= 15 is 0 Å². The van der Waals surface area contributed by atoms with Crippen LogP contribution in [-0.4, -0.2) is 59.5 Å². The summed E-state index contributed by atoms with van der Waals surface area (Å²) in [5, 5.41) is 5.05. The number of carbonyl (C=O) groups excluding carboxylic acids is 1. The van der Waals surface area contributed by atoms with E-state index in [0.29, 0.717) is 23.8 Å². The first-order valence-corrected chi connectivity index (χ1v) is 11.6. The lowest BCUT2D eigenvalue weighted by molar-refractivity contribution is -0.132. The molecule has 4 rings (SSSR count). The fraction of sp³-hybridized carbons (Fsp3) is 0.640. The summed E-state index contributed by atoms with van der Waals surface area (Å²) in [5.41, 5.74) is 4.49. The van der Waals surface area contributed by atoms with Crippen LogP contribution in [0.4, 0.5) is 0 Å². The van der Waals surface area contributed by atoms with E-state index in [1.807, 2.05) is 0 Å². The van der Waals surface area contributed by atoms with Crippen molar-refractivity contribution in [1.29, 1.82) is 0 Å². The zero-order valence-electron chi connectivity index (χ0n) is 19.2. The fourth-order valence-electron chi connectivity index (χ4n) is 4.94.